The summed E-state index contributed by atoms with van der Waals surface area (Å²) in [7, 11) is 0. The molecule has 0 aliphatic rings. The highest BCUT2D eigenvalue weighted by Crippen LogP contribution is 2.35. The van der Waals surface area contributed by atoms with E-state index in [-0.39, 0.29) is 5.75 Å². The van der Waals surface area contributed by atoms with Crippen molar-refractivity contribution >= 4 is 40.4 Å². The van der Waals surface area contributed by atoms with E-state index in [0.717, 1.165) is 15.3 Å². The van der Waals surface area contributed by atoms with Crippen LogP contribution >= 0.6 is 22.7 Å². The maximum atomic E-state index is 9.70. The lowest BCUT2D eigenvalue weighted by molar-refractivity contribution is 0.474. The summed E-state index contributed by atoms with van der Waals surface area (Å²) < 4.78 is 0. The van der Waals surface area contributed by atoms with Gasteiger partial charge in [0.1, 0.15) is 11.8 Å². The third kappa shape index (κ3) is 3.26. The molecule has 0 aliphatic heterocycles. The number of aromatic hydroxyl groups is 1. The van der Waals surface area contributed by atoms with Crippen molar-refractivity contribution in [2.75, 3.05) is 0 Å². The number of nitriles is 1. The predicted molar refractivity (Wildman–Crippen MR) is 99.3 cm³/mol. The highest BCUT2D eigenvalue weighted by molar-refractivity contribution is 7.22. The molecule has 0 fully saturated rings. The van der Waals surface area contributed by atoms with E-state index in [4.69, 9.17) is 0 Å². The number of phenolic OH excluding ortho intramolecular Hbond substituents is 1. The van der Waals surface area contributed by atoms with Gasteiger partial charge in [-0.05, 0) is 47.4 Å². The molecular weight excluding hydrogens is 322 g/mol. The molecule has 0 spiro atoms. The first-order valence-corrected chi connectivity index (χ1v) is 8.62. The van der Waals surface area contributed by atoms with Crippen molar-refractivity contribution in [3.8, 4) is 21.6 Å². The second kappa shape index (κ2) is 6.66. The van der Waals surface area contributed by atoms with Crippen LogP contribution < -0.4 is 0 Å². The first-order chi connectivity index (χ1) is 11.2. The number of phenols is 1. The first-order valence-electron chi connectivity index (χ1n) is 6.92. The van der Waals surface area contributed by atoms with Gasteiger partial charge in [-0.15, -0.1) is 22.7 Å². The molecule has 2 heterocycles. The fourth-order valence-electron chi connectivity index (χ4n) is 2.19. The number of hydrogen-bond acceptors (Lipinski definition) is 4. The maximum Gasteiger partial charge on any atom is 0.122 e. The van der Waals surface area contributed by atoms with Crippen molar-refractivity contribution in [1.29, 1.82) is 5.26 Å². The lowest BCUT2D eigenvalue weighted by Crippen LogP contribution is -1.80. The Bertz CT molecular complexity index is 911. The van der Waals surface area contributed by atoms with Gasteiger partial charge in [0.25, 0.3) is 0 Å². The molecule has 0 saturated heterocycles. The Morgan fingerprint density at radius 2 is 2.04 bits per heavy atom. The van der Waals surface area contributed by atoms with E-state index in [1.165, 1.54) is 4.88 Å². The topological polar surface area (TPSA) is 44.0 Å². The molecule has 0 saturated carbocycles. The Morgan fingerprint density at radius 3 is 2.74 bits per heavy atom. The molecule has 23 heavy (non-hydrogen) atoms. The van der Waals surface area contributed by atoms with Crippen molar-refractivity contribution in [3.05, 3.63) is 70.4 Å². The summed E-state index contributed by atoms with van der Waals surface area (Å²) in [6.45, 7) is 3.68. The number of thiophene rings is 2. The Labute approximate surface area is 142 Å². The summed E-state index contributed by atoms with van der Waals surface area (Å²) in [5.41, 5.74) is 2.13. The molecule has 112 valence electrons. The van der Waals surface area contributed by atoms with Crippen LogP contribution in [0, 0.1) is 11.3 Å². The monoisotopic (exact) mass is 335 g/mol. The molecule has 3 rings (SSSR count). The van der Waals surface area contributed by atoms with Gasteiger partial charge < -0.3 is 5.11 Å². The van der Waals surface area contributed by atoms with Gasteiger partial charge in [-0.25, -0.2) is 0 Å². The molecule has 0 unspecified atom stereocenters. The maximum absolute atomic E-state index is 9.70. The van der Waals surface area contributed by atoms with Gasteiger partial charge in [0, 0.05) is 20.2 Å². The second-order valence-electron chi connectivity index (χ2n) is 4.83. The van der Waals surface area contributed by atoms with Crippen molar-refractivity contribution in [1.82, 2.24) is 0 Å². The quantitative estimate of drug-likeness (QED) is 0.604. The zero-order valence-electron chi connectivity index (χ0n) is 12.2. The summed E-state index contributed by atoms with van der Waals surface area (Å²) in [6.07, 6.45) is 3.43. The molecule has 0 amide bonds. The molecular formula is C19H13NOS2. The van der Waals surface area contributed by atoms with Gasteiger partial charge in [0.2, 0.25) is 0 Å². The van der Waals surface area contributed by atoms with Crippen molar-refractivity contribution in [3.63, 3.8) is 0 Å². The van der Waals surface area contributed by atoms with Gasteiger partial charge in [-0.3, -0.25) is 0 Å². The Hall–Kier alpha value is -2.61. The molecule has 0 aliphatic carbocycles. The highest BCUT2D eigenvalue weighted by atomic mass is 32.1. The molecule has 1 aromatic carbocycles. The highest BCUT2D eigenvalue weighted by Gasteiger charge is 2.08. The average molecular weight is 335 g/mol. The summed E-state index contributed by atoms with van der Waals surface area (Å²) in [4.78, 5) is 3.30. The molecule has 0 atom stereocenters. The third-order valence-corrected chi connectivity index (χ3v) is 5.52. The van der Waals surface area contributed by atoms with E-state index in [0.29, 0.717) is 11.1 Å². The van der Waals surface area contributed by atoms with Crippen LogP contribution in [0.2, 0.25) is 0 Å². The fraction of sp³-hybridized carbons (Fsp3) is 0. The fourth-order valence-corrected chi connectivity index (χ4v) is 3.99. The summed E-state index contributed by atoms with van der Waals surface area (Å²) >= 11 is 3.29. The normalized spacial score (nSPS) is 11.2. The van der Waals surface area contributed by atoms with Crippen molar-refractivity contribution < 1.29 is 5.11 Å². The Morgan fingerprint density at radius 1 is 1.17 bits per heavy atom. The molecule has 1 N–H and O–H groups in total. The number of nitrogens with zero attached hydrogens (tertiary/aromatic N) is 1. The smallest absolute Gasteiger partial charge is 0.122 e. The minimum Gasteiger partial charge on any atom is -0.507 e. The van der Waals surface area contributed by atoms with Gasteiger partial charge >= 0.3 is 0 Å². The lowest BCUT2D eigenvalue weighted by atomic mass is 10.1. The van der Waals surface area contributed by atoms with Crippen LogP contribution in [-0.4, -0.2) is 5.11 Å². The molecule has 4 heteroatoms. The molecule has 3 aromatic rings. The average Bonchev–Trinajstić information content (AvgIpc) is 3.25. The zero-order chi connectivity index (χ0) is 16.2. The number of allylic oxidation sites excluding steroid dienone is 1. The van der Waals surface area contributed by atoms with Crippen LogP contribution in [0.5, 0.6) is 5.75 Å². The van der Waals surface area contributed by atoms with Gasteiger partial charge in [0.15, 0.2) is 0 Å². The Balaban J connectivity index is 1.97. The summed E-state index contributed by atoms with van der Waals surface area (Å²) in [5, 5.41) is 21.2. The Kier molecular flexibility index (Phi) is 4.42. The van der Waals surface area contributed by atoms with E-state index in [1.54, 1.807) is 40.9 Å². The van der Waals surface area contributed by atoms with E-state index < -0.39 is 0 Å². The minimum atomic E-state index is 0.187. The van der Waals surface area contributed by atoms with Crippen LogP contribution in [0.15, 0.2) is 54.4 Å². The van der Waals surface area contributed by atoms with Crippen LogP contribution in [-0.2, 0) is 0 Å². The van der Waals surface area contributed by atoms with Gasteiger partial charge in [-0.2, -0.15) is 5.26 Å². The van der Waals surface area contributed by atoms with Crippen LogP contribution in [0.25, 0.3) is 27.5 Å². The second-order valence-corrected chi connectivity index (χ2v) is 6.86. The summed E-state index contributed by atoms with van der Waals surface area (Å²) in [6, 6.07) is 15.6. The van der Waals surface area contributed by atoms with E-state index in [9.17, 15) is 10.4 Å². The van der Waals surface area contributed by atoms with Gasteiger partial charge in [-0.1, -0.05) is 24.8 Å². The van der Waals surface area contributed by atoms with Crippen LogP contribution in [0.3, 0.4) is 0 Å². The SMILES string of the molecule is C=Cc1cc(/C=C(\C#N)c2ccc(-c3cccs3)s2)ccc1O. The van der Waals surface area contributed by atoms with E-state index in [1.807, 2.05) is 35.7 Å². The molecule has 0 bridgehead atoms. The standard InChI is InChI=1S/C19H13NOS2/c1-2-14-10-13(5-6-16(14)21)11-15(12-20)17-7-8-19(23-17)18-4-3-9-22-18/h2-11,21H,1H2/b15-11+. The van der Waals surface area contributed by atoms with Crippen molar-refractivity contribution in [2.24, 2.45) is 0 Å². The molecule has 2 nitrogen and oxygen atoms in total. The largest absolute Gasteiger partial charge is 0.507 e. The predicted octanol–water partition coefficient (Wildman–Crippen LogP) is 5.89. The lowest BCUT2D eigenvalue weighted by Gasteiger charge is -2.01. The number of benzene rings is 1. The molecule has 2 aromatic heterocycles. The summed E-state index contributed by atoms with van der Waals surface area (Å²) in [5.74, 6) is 0.187. The van der Waals surface area contributed by atoms with E-state index >= 15 is 0 Å². The van der Waals surface area contributed by atoms with Crippen LogP contribution in [0.1, 0.15) is 16.0 Å². The number of rotatable bonds is 4. The minimum absolute atomic E-state index is 0.187. The van der Waals surface area contributed by atoms with Crippen molar-refractivity contribution in [2.45, 2.75) is 0 Å². The zero-order valence-corrected chi connectivity index (χ0v) is 13.8. The van der Waals surface area contributed by atoms with Crippen LogP contribution in [0.4, 0.5) is 0 Å². The van der Waals surface area contributed by atoms with Gasteiger partial charge in [0.05, 0.1) is 5.57 Å². The third-order valence-electron chi connectivity index (χ3n) is 3.34. The number of hydrogen-bond donors (Lipinski definition) is 1. The molecule has 0 radical (unpaired) electrons. The van der Waals surface area contributed by atoms with E-state index in [2.05, 4.69) is 18.7 Å². The first kappa shape index (κ1) is 15.3.